The molecule has 1 aliphatic heterocycles. The zero-order valence-electron chi connectivity index (χ0n) is 12.0. The van der Waals surface area contributed by atoms with Crippen molar-refractivity contribution in [2.45, 2.75) is 6.42 Å². The Morgan fingerprint density at radius 1 is 1.29 bits per heavy atom. The zero-order valence-corrected chi connectivity index (χ0v) is 13.6. The number of benzene rings is 1. The number of rotatable bonds is 6. The highest BCUT2D eigenvalue weighted by molar-refractivity contribution is 8.26. The first-order valence-corrected chi connectivity index (χ1v) is 7.76. The molecule has 0 atom stereocenters. The number of ether oxygens (including phenoxy) is 2. The lowest BCUT2D eigenvalue weighted by molar-refractivity contribution is -0.122. The number of carbonyl (C=O) groups is 1. The fourth-order valence-electron chi connectivity index (χ4n) is 1.91. The third kappa shape index (κ3) is 4.06. The minimum Gasteiger partial charge on any atom is -0.497 e. The Balaban J connectivity index is 2.08. The van der Waals surface area contributed by atoms with Crippen LogP contribution in [-0.2, 0) is 9.53 Å². The highest BCUT2D eigenvalue weighted by Crippen LogP contribution is 2.32. The van der Waals surface area contributed by atoms with E-state index in [1.807, 2.05) is 30.3 Å². The van der Waals surface area contributed by atoms with Crippen LogP contribution in [0.25, 0.3) is 6.08 Å². The molecule has 0 spiro atoms. The molecule has 112 valence electrons. The fourth-order valence-corrected chi connectivity index (χ4v) is 3.22. The van der Waals surface area contributed by atoms with E-state index in [2.05, 4.69) is 0 Å². The van der Waals surface area contributed by atoms with Gasteiger partial charge in [0.2, 0.25) is 0 Å². The Labute approximate surface area is 134 Å². The van der Waals surface area contributed by atoms with E-state index in [-0.39, 0.29) is 5.91 Å². The second kappa shape index (κ2) is 7.59. The number of thiocarbonyl (C=S) groups is 1. The lowest BCUT2D eigenvalue weighted by Crippen LogP contribution is -2.29. The van der Waals surface area contributed by atoms with Gasteiger partial charge in [0, 0.05) is 20.3 Å². The van der Waals surface area contributed by atoms with E-state index in [0.717, 1.165) is 17.7 Å². The summed E-state index contributed by atoms with van der Waals surface area (Å²) in [5.74, 6) is 0.760. The standard InChI is InChI=1S/C15H17NO3S2/c1-18-9-3-8-16-14(17)13(21-15(16)20)10-11-4-6-12(19-2)7-5-11/h4-7,10H,3,8-9H2,1-2H3/b13-10+. The Morgan fingerprint density at radius 2 is 2.00 bits per heavy atom. The average molecular weight is 323 g/mol. The normalized spacial score (nSPS) is 16.9. The van der Waals surface area contributed by atoms with Crippen LogP contribution in [0.2, 0.25) is 0 Å². The minimum absolute atomic E-state index is 0.0306. The van der Waals surface area contributed by atoms with Crippen molar-refractivity contribution >= 4 is 40.3 Å². The van der Waals surface area contributed by atoms with Crippen LogP contribution in [-0.4, -0.2) is 42.5 Å². The van der Waals surface area contributed by atoms with Crippen molar-refractivity contribution in [1.29, 1.82) is 0 Å². The first-order chi connectivity index (χ1) is 10.2. The van der Waals surface area contributed by atoms with Gasteiger partial charge in [-0.1, -0.05) is 36.1 Å². The van der Waals surface area contributed by atoms with Crippen molar-refractivity contribution in [2.24, 2.45) is 0 Å². The van der Waals surface area contributed by atoms with E-state index in [9.17, 15) is 4.79 Å². The monoisotopic (exact) mass is 323 g/mol. The van der Waals surface area contributed by atoms with Crippen LogP contribution >= 0.6 is 24.0 Å². The second-order valence-electron chi connectivity index (χ2n) is 4.45. The van der Waals surface area contributed by atoms with E-state index in [1.165, 1.54) is 11.8 Å². The molecule has 0 saturated carbocycles. The molecule has 1 heterocycles. The van der Waals surface area contributed by atoms with E-state index in [0.29, 0.717) is 22.4 Å². The molecule has 2 rings (SSSR count). The molecule has 0 bridgehead atoms. The Bertz CT molecular complexity index is 555. The largest absolute Gasteiger partial charge is 0.497 e. The lowest BCUT2D eigenvalue weighted by Gasteiger charge is -2.13. The molecule has 0 aromatic heterocycles. The van der Waals surface area contributed by atoms with Gasteiger partial charge in [0.1, 0.15) is 10.1 Å². The van der Waals surface area contributed by atoms with Crippen LogP contribution in [0.5, 0.6) is 5.75 Å². The number of hydrogen-bond donors (Lipinski definition) is 0. The molecule has 4 nitrogen and oxygen atoms in total. The Morgan fingerprint density at radius 3 is 2.62 bits per heavy atom. The van der Waals surface area contributed by atoms with E-state index in [4.69, 9.17) is 21.7 Å². The predicted molar refractivity (Wildman–Crippen MR) is 89.4 cm³/mol. The van der Waals surface area contributed by atoms with Gasteiger partial charge in [-0.25, -0.2) is 0 Å². The van der Waals surface area contributed by atoms with Gasteiger partial charge >= 0.3 is 0 Å². The SMILES string of the molecule is COCCCN1C(=O)/C(=C\c2ccc(OC)cc2)SC1=S. The van der Waals surface area contributed by atoms with E-state index in [1.54, 1.807) is 19.1 Å². The van der Waals surface area contributed by atoms with Crippen molar-refractivity contribution in [1.82, 2.24) is 4.90 Å². The molecule has 1 fully saturated rings. The maximum atomic E-state index is 12.3. The van der Waals surface area contributed by atoms with Gasteiger partial charge < -0.3 is 9.47 Å². The first kappa shape index (κ1) is 16.0. The maximum absolute atomic E-state index is 12.3. The summed E-state index contributed by atoms with van der Waals surface area (Å²) in [4.78, 5) is 14.6. The molecule has 0 N–H and O–H groups in total. The molecule has 21 heavy (non-hydrogen) atoms. The van der Waals surface area contributed by atoms with Crippen molar-refractivity contribution in [3.8, 4) is 5.75 Å². The van der Waals surface area contributed by atoms with E-state index >= 15 is 0 Å². The number of nitrogens with zero attached hydrogens (tertiary/aromatic N) is 1. The fraction of sp³-hybridized carbons (Fsp3) is 0.333. The Kier molecular flexibility index (Phi) is 5.78. The molecular weight excluding hydrogens is 306 g/mol. The minimum atomic E-state index is -0.0306. The number of methoxy groups -OCH3 is 2. The molecule has 0 radical (unpaired) electrons. The first-order valence-electron chi connectivity index (χ1n) is 6.54. The molecule has 1 aromatic carbocycles. The lowest BCUT2D eigenvalue weighted by atomic mass is 10.2. The average Bonchev–Trinajstić information content (AvgIpc) is 2.75. The number of carbonyl (C=O) groups excluding carboxylic acids is 1. The third-order valence-corrected chi connectivity index (χ3v) is 4.40. The summed E-state index contributed by atoms with van der Waals surface area (Å²) in [6.45, 7) is 1.22. The number of thioether (sulfide) groups is 1. The second-order valence-corrected chi connectivity index (χ2v) is 6.13. The van der Waals surface area contributed by atoms with Gasteiger partial charge in [-0.05, 0) is 30.2 Å². The Hall–Kier alpha value is -1.37. The van der Waals surface area contributed by atoms with Crippen molar-refractivity contribution in [3.05, 3.63) is 34.7 Å². The van der Waals surface area contributed by atoms with Gasteiger partial charge in [0.25, 0.3) is 5.91 Å². The topological polar surface area (TPSA) is 38.8 Å². The molecule has 6 heteroatoms. The molecule has 1 aliphatic rings. The highest BCUT2D eigenvalue weighted by atomic mass is 32.2. The van der Waals surface area contributed by atoms with Crippen LogP contribution in [0.15, 0.2) is 29.2 Å². The van der Waals surface area contributed by atoms with Crippen molar-refractivity contribution < 1.29 is 14.3 Å². The van der Waals surface area contributed by atoms with E-state index < -0.39 is 0 Å². The molecule has 0 aliphatic carbocycles. The summed E-state index contributed by atoms with van der Waals surface area (Å²) in [6.07, 6.45) is 2.63. The number of hydrogen-bond acceptors (Lipinski definition) is 5. The summed E-state index contributed by atoms with van der Waals surface area (Å²) in [5, 5.41) is 0. The third-order valence-electron chi connectivity index (χ3n) is 3.02. The summed E-state index contributed by atoms with van der Waals surface area (Å²) in [5.41, 5.74) is 0.952. The molecule has 1 aromatic rings. The smallest absolute Gasteiger partial charge is 0.266 e. The van der Waals surface area contributed by atoms with Gasteiger partial charge in [0.15, 0.2) is 0 Å². The van der Waals surface area contributed by atoms with Gasteiger partial charge in [-0.3, -0.25) is 9.69 Å². The molecular formula is C15H17NO3S2. The zero-order chi connectivity index (χ0) is 15.2. The van der Waals surface area contributed by atoms with Gasteiger partial charge in [-0.15, -0.1) is 0 Å². The van der Waals surface area contributed by atoms with Crippen molar-refractivity contribution in [3.63, 3.8) is 0 Å². The molecule has 1 amide bonds. The van der Waals surface area contributed by atoms with Gasteiger partial charge in [0.05, 0.1) is 12.0 Å². The maximum Gasteiger partial charge on any atom is 0.266 e. The van der Waals surface area contributed by atoms with Crippen LogP contribution in [0.4, 0.5) is 0 Å². The van der Waals surface area contributed by atoms with Crippen LogP contribution < -0.4 is 4.74 Å². The summed E-state index contributed by atoms with van der Waals surface area (Å²) >= 11 is 6.61. The molecule has 1 saturated heterocycles. The number of amides is 1. The summed E-state index contributed by atoms with van der Waals surface area (Å²) in [6, 6.07) is 7.56. The predicted octanol–water partition coefficient (Wildman–Crippen LogP) is 2.93. The highest BCUT2D eigenvalue weighted by Gasteiger charge is 2.31. The summed E-state index contributed by atoms with van der Waals surface area (Å²) < 4.78 is 10.7. The molecule has 0 unspecified atom stereocenters. The quantitative estimate of drug-likeness (QED) is 0.457. The van der Waals surface area contributed by atoms with Crippen LogP contribution in [0.3, 0.4) is 0 Å². The van der Waals surface area contributed by atoms with Crippen LogP contribution in [0.1, 0.15) is 12.0 Å². The summed E-state index contributed by atoms with van der Waals surface area (Å²) in [7, 11) is 3.27. The van der Waals surface area contributed by atoms with Crippen LogP contribution in [0, 0.1) is 0 Å². The van der Waals surface area contributed by atoms with Crippen molar-refractivity contribution in [2.75, 3.05) is 27.4 Å². The van der Waals surface area contributed by atoms with Gasteiger partial charge in [-0.2, -0.15) is 0 Å².